The molecule has 0 aliphatic rings. The van der Waals surface area contributed by atoms with Gasteiger partial charge in [0, 0.05) is 17.4 Å². The first-order chi connectivity index (χ1) is 16.3. The Morgan fingerprint density at radius 2 is 1.76 bits per heavy atom. The van der Waals surface area contributed by atoms with Crippen molar-refractivity contribution in [3.63, 3.8) is 0 Å². The van der Waals surface area contributed by atoms with Gasteiger partial charge < -0.3 is 14.8 Å². The molecule has 1 amide bonds. The van der Waals surface area contributed by atoms with Crippen LogP contribution in [0, 0.1) is 17.2 Å². The van der Waals surface area contributed by atoms with E-state index in [1.165, 1.54) is 31.5 Å². The molecule has 0 saturated heterocycles. The standard InChI is InChI=1S/C26H26FN3O4/c1-17(2)15-26(16-31,24(33)29-20-7-5-4-6-8-20)22(21-13-14-28-25(30-21)34-3)23(32)18-9-11-19(27)12-10-18/h4-14,16-17,22H,15H2,1-3H3,(H,29,33). The van der Waals surface area contributed by atoms with Gasteiger partial charge in [0.25, 0.3) is 0 Å². The molecule has 2 aromatic carbocycles. The van der Waals surface area contributed by atoms with Crippen LogP contribution >= 0.6 is 0 Å². The molecular weight excluding hydrogens is 437 g/mol. The molecule has 176 valence electrons. The molecule has 1 heterocycles. The summed E-state index contributed by atoms with van der Waals surface area (Å²) in [5.74, 6) is -3.13. The summed E-state index contributed by atoms with van der Waals surface area (Å²) in [7, 11) is 1.37. The number of rotatable bonds is 10. The van der Waals surface area contributed by atoms with Crippen molar-refractivity contribution in [2.24, 2.45) is 11.3 Å². The number of ether oxygens (including phenoxy) is 1. The highest BCUT2D eigenvalue weighted by molar-refractivity contribution is 6.13. The Kier molecular flexibility index (Phi) is 7.83. The fourth-order valence-electron chi connectivity index (χ4n) is 3.98. The number of Topliss-reactive ketones (excluding diaryl/α,β-unsaturated/α-hetero) is 1. The number of aldehydes is 1. The summed E-state index contributed by atoms with van der Waals surface area (Å²) in [6.07, 6.45) is 1.98. The summed E-state index contributed by atoms with van der Waals surface area (Å²) < 4.78 is 18.7. The third-order valence-electron chi connectivity index (χ3n) is 5.45. The third kappa shape index (κ3) is 5.33. The van der Waals surface area contributed by atoms with Gasteiger partial charge in [-0.15, -0.1) is 0 Å². The summed E-state index contributed by atoms with van der Waals surface area (Å²) in [4.78, 5) is 48.7. The molecule has 0 bridgehead atoms. The highest BCUT2D eigenvalue weighted by atomic mass is 19.1. The summed E-state index contributed by atoms with van der Waals surface area (Å²) in [6, 6.07) is 15.1. The van der Waals surface area contributed by atoms with Gasteiger partial charge in [-0.3, -0.25) is 9.59 Å². The number of aromatic nitrogens is 2. The van der Waals surface area contributed by atoms with Crippen molar-refractivity contribution in [1.29, 1.82) is 0 Å². The normalized spacial score (nSPS) is 13.6. The average Bonchev–Trinajstić information content (AvgIpc) is 2.84. The van der Waals surface area contributed by atoms with Crippen molar-refractivity contribution in [2.75, 3.05) is 12.4 Å². The van der Waals surface area contributed by atoms with Crippen molar-refractivity contribution in [3.05, 3.63) is 83.9 Å². The smallest absolute Gasteiger partial charge is 0.316 e. The van der Waals surface area contributed by atoms with Gasteiger partial charge in [0.05, 0.1) is 18.7 Å². The quantitative estimate of drug-likeness (QED) is 0.271. The van der Waals surface area contributed by atoms with Gasteiger partial charge >= 0.3 is 6.01 Å². The Labute approximate surface area is 197 Å². The molecule has 34 heavy (non-hydrogen) atoms. The maximum absolute atomic E-state index is 13.8. The van der Waals surface area contributed by atoms with Crippen LogP contribution in [0.1, 0.15) is 42.2 Å². The fourth-order valence-corrected chi connectivity index (χ4v) is 3.98. The van der Waals surface area contributed by atoms with Crippen LogP contribution in [-0.2, 0) is 9.59 Å². The molecule has 8 heteroatoms. The zero-order valence-corrected chi connectivity index (χ0v) is 19.2. The monoisotopic (exact) mass is 463 g/mol. The van der Waals surface area contributed by atoms with E-state index in [1.54, 1.807) is 30.3 Å². The zero-order chi connectivity index (χ0) is 24.7. The van der Waals surface area contributed by atoms with Crippen molar-refractivity contribution >= 4 is 23.7 Å². The summed E-state index contributed by atoms with van der Waals surface area (Å²) in [5, 5.41) is 2.78. The number of halogens is 1. The van der Waals surface area contributed by atoms with Crippen LogP contribution in [0.2, 0.25) is 0 Å². The molecule has 0 radical (unpaired) electrons. The van der Waals surface area contributed by atoms with Gasteiger partial charge in [-0.25, -0.2) is 9.37 Å². The number of benzene rings is 2. The molecule has 1 aromatic heterocycles. The number of nitrogens with one attached hydrogen (secondary N) is 1. The van der Waals surface area contributed by atoms with Crippen LogP contribution in [0.15, 0.2) is 66.9 Å². The van der Waals surface area contributed by atoms with E-state index in [0.717, 1.165) is 12.1 Å². The molecule has 0 saturated carbocycles. The van der Waals surface area contributed by atoms with Crippen LogP contribution in [0.25, 0.3) is 0 Å². The molecule has 0 fully saturated rings. The molecule has 0 aliphatic heterocycles. The SMILES string of the molecule is COc1nccc(C(C(=O)c2ccc(F)cc2)C(C=O)(CC(C)C)C(=O)Nc2ccccc2)n1. The number of hydrogen-bond donors (Lipinski definition) is 1. The lowest BCUT2D eigenvalue weighted by atomic mass is 9.66. The van der Waals surface area contributed by atoms with E-state index in [-0.39, 0.29) is 29.6 Å². The van der Waals surface area contributed by atoms with Crippen molar-refractivity contribution in [2.45, 2.75) is 26.2 Å². The van der Waals surface area contributed by atoms with Gasteiger partial charge in [-0.05, 0) is 54.8 Å². The minimum atomic E-state index is -1.81. The van der Waals surface area contributed by atoms with Crippen LogP contribution in [0.3, 0.4) is 0 Å². The van der Waals surface area contributed by atoms with Crippen LogP contribution in [0.4, 0.5) is 10.1 Å². The topological polar surface area (TPSA) is 98.2 Å². The molecule has 3 aromatic rings. The molecule has 2 unspecified atom stereocenters. The number of carbonyl (C=O) groups excluding carboxylic acids is 3. The highest BCUT2D eigenvalue weighted by Gasteiger charge is 2.51. The fraction of sp³-hybridized carbons (Fsp3) is 0.269. The minimum absolute atomic E-state index is 0.0118. The molecule has 2 atom stereocenters. The summed E-state index contributed by atoms with van der Waals surface area (Å²) in [5.41, 5.74) is -1.03. The van der Waals surface area contributed by atoms with E-state index in [0.29, 0.717) is 12.0 Å². The van der Waals surface area contributed by atoms with Crippen LogP contribution < -0.4 is 10.1 Å². The van der Waals surface area contributed by atoms with E-state index >= 15 is 0 Å². The summed E-state index contributed by atoms with van der Waals surface area (Å²) in [6.45, 7) is 3.71. The number of nitrogens with zero attached hydrogens (tertiary/aromatic N) is 2. The van der Waals surface area contributed by atoms with Gasteiger partial charge in [-0.1, -0.05) is 32.0 Å². The molecule has 3 rings (SSSR count). The second kappa shape index (κ2) is 10.8. The first kappa shape index (κ1) is 24.7. The van der Waals surface area contributed by atoms with Crippen molar-refractivity contribution in [3.8, 4) is 6.01 Å². The largest absolute Gasteiger partial charge is 0.467 e. The van der Waals surface area contributed by atoms with Crippen LogP contribution in [0.5, 0.6) is 6.01 Å². The molecule has 0 aliphatic carbocycles. The van der Waals surface area contributed by atoms with E-state index in [2.05, 4.69) is 15.3 Å². The van der Waals surface area contributed by atoms with Gasteiger partial charge in [-0.2, -0.15) is 4.98 Å². The molecule has 1 N–H and O–H groups in total. The van der Waals surface area contributed by atoms with Crippen molar-refractivity contribution in [1.82, 2.24) is 9.97 Å². The van der Waals surface area contributed by atoms with E-state index in [9.17, 15) is 18.8 Å². The second-order valence-corrected chi connectivity index (χ2v) is 8.35. The molecule has 7 nitrogen and oxygen atoms in total. The number of ketones is 1. The Hall–Kier alpha value is -3.94. The number of anilines is 1. The van der Waals surface area contributed by atoms with Gasteiger partial charge in [0.1, 0.15) is 17.5 Å². The number of hydrogen-bond acceptors (Lipinski definition) is 6. The lowest BCUT2D eigenvalue weighted by Gasteiger charge is -2.35. The van der Waals surface area contributed by atoms with E-state index in [1.807, 2.05) is 13.8 Å². The number of amides is 1. The maximum Gasteiger partial charge on any atom is 0.316 e. The van der Waals surface area contributed by atoms with Crippen molar-refractivity contribution < 1.29 is 23.5 Å². The Bertz CT molecular complexity index is 1150. The lowest BCUT2D eigenvalue weighted by Crippen LogP contribution is -2.47. The van der Waals surface area contributed by atoms with Gasteiger partial charge in [0.2, 0.25) is 5.91 Å². The third-order valence-corrected chi connectivity index (χ3v) is 5.45. The molecule has 0 spiro atoms. The second-order valence-electron chi connectivity index (χ2n) is 8.35. The number of para-hydroxylation sites is 1. The first-order valence-corrected chi connectivity index (χ1v) is 10.8. The number of methoxy groups -OCH3 is 1. The molecular formula is C26H26FN3O4. The zero-order valence-electron chi connectivity index (χ0n) is 19.2. The average molecular weight is 464 g/mol. The predicted molar refractivity (Wildman–Crippen MR) is 125 cm³/mol. The Morgan fingerprint density at radius 3 is 2.35 bits per heavy atom. The van der Waals surface area contributed by atoms with Gasteiger partial charge in [0.15, 0.2) is 5.78 Å². The maximum atomic E-state index is 13.8. The Morgan fingerprint density at radius 1 is 1.09 bits per heavy atom. The van der Waals surface area contributed by atoms with Crippen LogP contribution in [-0.4, -0.2) is 35.1 Å². The predicted octanol–water partition coefficient (Wildman–Crippen LogP) is 4.46. The Balaban J connectivity index is 2.21. The van der Waals surface area contributed by atoms with E-state index in [4.69, 9.17) is 4.74 Å². The lowest BCUT2D eigenvalue weighted by molar-refractivity contribution is -0.134. The minimum Gasteiger partial charge on any atom is -0.467 e. The first-order valence-electron chi connectivity index (χ1n) is 10.8. The van der Waals surface area contributed by atoms with E-state index < -0.39 is 28.8 Å². The summed E-state index contributed by atoms with van der Waals surface area (Å²) >= 11 is 0. The highest BCUT2D eigenvalue weighted by Crippen LogP contribution is 2.42. The number of carbonyl (C=O) groups is 3.